The van der Waals surface area contributed by atoms with Crippen molar-refractivity contribution >= 4 is 33.5 Å². The molecular weight excluding hydrogens is 440 g/mol. The minimum absolute atomic E-state index is 0.235. The lowest BCUT2D eigenvalue weighted by Gasteiger charge is -2.21. The highest BCUT2D eigenvalue weighted by Crippen LogP contribution is 2.40. The van der Waals surface area contributed by atoms with Gasteiger partial charge in [0.25, 0.3) is 5.56 Å². The topological polar surface area (TPSA) is 105 Å². The Kier molecular flexibility index (Phi) is 5.49. The number of aromatic nitrogens is 1. The molecule has 0 radical (unpaired) electrons. The van der Waals surface area contributed by atoms with E-state index in [0.29, 0.717) is 33.7 Å². The molecule has 1 aliphatic rings. The van der Waals surface area contributed by atoms with Crippen molar-refractivity contribution in [2.75, 3.05) is 11.0 Å². The maximum Gasteiger partial charge on any atom is 0.344 e. The number of carbonyl (C=O) groups is 1. The van der Waals surface area contributed by atoms with Crippen molar-refractivity contribution in [3.63, 3.8) is 0 Å². The number of esters is 1. The molecule has 1 aromatic heterocycles. The molecule has 0 saturated carbocycles. The molecule has 170 valence electrons. The number of benzene rings is 2. The van der Waals surface area contributed by atoms with Crippen LogP contribution < -0.4 is 10.3 Å². The zero-order valence-electron chi connectivity index (χ0n) is 18.7. The van der Waals surface area contributed by atoms with Crippen molar-refractivity contribution in [2.45, 2.75) is 26.2 Å². The molecule has 8 heteroatoms. The van der Waals surface area contributed by atoms with Crippen LogP contribution in [0.15, 0.2) is 59.5 Å². The van der Waals surface area contributed by atoms with Gasteiger partial charge in [-0.05, 0) is 59.0 Å². The normalized spacial score (nSPS) is 14.8. The number of H-pyrrole nitrogens is 1. The highest BCUT2D eigenvalue weighted by molar-refractivity contribution is 7.92. The Labute approximate surface area is 192 Å². The predicted molar refractivity (Wildman–Crippen MR) is 129 cm³/mol. The lowest BCUT2D eigenvalue weighted by atomic mass is 9.82. The molecule has 0 saturated heterocycles. The number of fused-ring (bicyclic) bond motifs is 1. The second-order valence-corrected chi connectivity index (χ2v) is 10.8. The Morgan fingerprint density at radius 2 is 1.64 bits per heavy atom. The monoisotopic (exact) mass is 464 g/mol. The zero-order valence-corrected chi connectivity index (χ0v) is 19.5. The Balaban J connectivity index is 1.86. The van der Waals surface area contributed by atoms with Gasteiger partial charge in [-0.25, -0.2) is 13.2 Å². The number of anilines is 1. The van der Waals surface area contributed by atoms with E-state index in [0.717, 1.165) is 17.4 Å². The Bertz CT molecular complexity index is 1440. The van der Waals surface area contributed by atoms with Crippen LogP contribution in [0.25, 0.3) is 23.0 Å². The molecule has 33 heavy (non-hydrogen) atoms. The van der Waals surface area contributed by atoms with Crippen molar-refractivity contribution in [1.29, 1.82) is 0 Å². The van der Waals surface area contributed by atoms with Gasteiger partial charge < -0.3 is 9.72 Å². The fraction of sp³-hybridized carbons (Fsp3) is 0.200. The number of sulfonamides is 1. The summed E-state index contributed by atoms with van der Waals surface area (Å²) < 4.78 is 30.9. The summed E-state index contributed by atoms with van der Waals surface area (Å²) in [6.45, 7) is 6.17. The van der Waals surface area contributed by atoms with Crippen LogP contribution in [0.3, 0.4) is 0 Å². The van der Waals surface area contributed by atoms with Crippen LogP contribution in [0, 0.1) is 0 Å². The average molecular weight is 465 g/mol. The van der Waals surface area contributed by atoms with Crippen LogP contribution in [0.1, 0.15) is 47.8 Å². The van der Waals surface area contributed by atoms with Gasteiger partial charge in [-0.3, -0.25) is 9.52 Å². The summed E-state index contributed by atoms with van der Waals surface area (Å²) in [4.78, 5) is 28.1. The second-order valence-electron chi connectivity index (χ2n) is 9.00. The molecule has 2 heterocycles. The summed E-state index contributed by atoms with van der Waals surface area (Å²) in [6, 6.07) is 13.9. The maximum atomic E-state index is 12.9. The highest BCUT2D eigenvalue weighted by Gasteiger charge is 2.33. The highest BCUT2D eigenvalue weighted by atomic mass is 32.2. The van der Waals surface area contributed by atoms with E-state index in [1.54, 1.807) is 48.7 Å². The number of aromatic amines is 1. The number of carbonyl (C=O) groups excluding carboxylic acids is 1. The smallest absolute Gasteiger partial charge is 0.344 e. The summed E-state index contributed by atoms with van der Waals surface area (Å²) in [7, 11) is -3.38. The van der Waals surface area contributed by atoms with Crippen molar-refractivity contribution in [3.05, 3.63) is 87.3 Å². The first-order chi connectivity index (χ1) is 15.4. The third kappa shape index (κ3) is 4.75. The number of rotatable bonds is 4. The van der Waals surface area contributed by atoms with Crippen molar-refractivity contribution in [2.24, 2.45) is 0 Å². The van der Waals surface area contributed by atoms with Crippen molar-refractivity contribution < 1.29 is 17.9 Å². The summed E-state index contributed by atoms with van der Waals surface area (Å²) >= 11 is 0. The van der Waals surface area contributed by atoms with E-state index < -0.39 is 16.0 Å². The fourth-order valence-electron chi connectivity index (χ4n) is 3.66. The Morgan fingerprint density at radius 1 is 0.970 bits per heavy atom. The Morgan fingerprint density at radius 3 is 2.24 bits per heavy atom. The van der Waals surface area contributed by atoms with Crippen LogP contribution in [-0.2, 0) is 20.2 Å². The van der Waals surface area contributed by atoms with E-state index in [9.17, 15) is 18.0 Å². The fourth-order valence-corrected chi connectivity index (χ4v) is 4.23. The van der Waals surface area contributed by atoms with Crippen molar-refractivity contribution in [1.82, 2.24) is 4.98 Å². The van der Waals surface area contributed by atoms with E-state index in [4.69, 9.17) is 4.74 Å². The first-order valence-electron chi connectivity index (χ1n) is 10.3. The van der Waals surface area contributed by atoms with E-state index >= 15 is 0 Å². The maximum absolute atomic E-state index is 12.9. The van der Waals surface area contributed by atoms with Crippen LogP contribution in [0.4, 0.5) is 5.69 Å². The molecule has 2 aromatic carbocycles. The molecule has 0 spiro atoms. The lowest BCUT2D eigenvalue weighted by Crippen LogP contribution is -2.14. The third-order valence-electron chi connectivity index (χ3n) is 5.30. The molecule has 0 amide bonds. The van der Waals surface area contributed by atoms with Gasteiger partial charge in [-0.1, -0.05) is 32.9 Å². The van der Waals surface area contributed by atoms with Gasteiger partial charge in [0.05, 0.1) is 11.8 Å². The summed E-state index contributed by atoms with van der Waals surface area (Å²) in [5.41, 5.74) is 3.48. The molecule has 0 aliphatic carbocycles. The number of pyridine rings is 1. The average Bonchev–Trinajstić information content (AvgIpc) is 3.03. The van der Waals surface area contributed by atoms with E-state index in [1.165, 1.54) is 0 Å². The number of nitrogens with one attached hydrogen (secondary N) is 2. The van der Waals surface area contributed by atoms with E-state index in [1.807, 2.05) is 12.1 Å². The van der Waals surface area contributed by atoms with Gasteiger partial charge in [0.15, 0.2) is 0 Å². The van der Waals surface area contributed by atoms with Gasteiger partial charge >= 0.3 is 5.97 Å². The third-order valence-corrected chi connectivity index (χ3v) is 5.90. The van der Waals surface area contributed by atoms with Gasteiger partial charge in [-0.2, -0.15) is 0 Å². The summed E-state index contributed by atoms with van der Waals surface area (Å²) in [5.74, 6) is -0.149. The van der Waals surface area contributed by atoms with Gasteiger partial charge in [-0.15, -0.1) is 0 Å². The van der Waals surface area contributed by atoms with Crippen molar-refractivity contribution in [3.8, 4) is 11.1 Å². The Hall–Kier alpha value is -3.65. The number of hydrogen-bond acceptors (Lipinski definition) is 5. The number of hydrogen-bond donors (Lipinski definition) is 2. The largest absolute Gasteiger partial charge is 0.422 e. The molecule has 0 atom stereocenters. The molecule has 0 bridgehead atoms. The van der Waals surface area contributed by atoms with Gasteiger partial charge in [0.2, 0.25) is 10.0 Å². The van der Waals surface area contributed by atoms with Gasteiger partial charge in [0.1, 0.15) is 5.76 Å². The standard InChI is InChI=1S/C25H24N2O5S/c1-25(2,3)16-13-19(18-6-5-11-26-23(18)28)22-20(14-16)21(32-24(22)29)12-15-7-9-17(10-8-15)27-33(4,30)31/h5-14,27H,1-4H3,(H,26,28)/b21-12-. The first kappa shape index (κ1) is 22.5. The first-order valence-corrected chi connectivity index (χ1v) is 12.2. The molecule has 0 unspecified atom stereocenters. The van der Waals surface area contributed by atoms with E-state index in [2.05, 4.69) is 30.5 Å². The second kappa shape index (κ2) is 8.04. The predicted octanol–water partition coefficient (Wildman–Crippen LogP) is 4.38. The molecule has 3 aromatic rings. The minimum atomic E-state index is -3.38. The molecule has 0 fully saturated rings. The number of cyclic esters (lactones) is 1. The van der Waals surface area contributed by atoms with E-state index in [-0.39, 0.29) is 11.0 Å². The molecule has 7 nitrogen and oxygen atoms in total. The molecule has 1 aliphatic heterocycles. The quantitative estimate of drug-likeness (QED) is 0.558. The number of ether oxygens (including phenoxy) is 1. The lowest BCUT2D eigenvalue weighted by molar-refractivity contribution is 0.0717. The van der Waals surface area contributed by atoms with Crippen LogP contribution in [-0.4, -0.2) is 25.6 Å². The van der Waals surface area contributed by atoms with Crippen LogP contribution in [0.2, 0.25) is 0 Å². The molecule has 4 rings (SSSR count). The summed E-state index contributed by atoms with van der Waals surface area (Å²) in [5, 5.41) is 0. The molecular formula is C25H24N2O5S. The zero-order chi connectivity index (χ0) is 24.0. The summed E-state index contributed by atoms with van der Waals surface area (Å²) in [6.07, 6.45) is 4.35. The van der Waals surface area contributed by atoms with Gasteiger partial charge in [0, 0.05) is 28.6 Å². The molecule has 2 N–H and O–H groups in total. The SMILES string of the molecule is CC(C)(C)c1cc2c(c(-c3ccc[nH]c3=O)c1)C(=O)O/C2=C\c1ccc(NS(C)(=O)=O)cc1. The van der Waals surface area contributed by atoms with Crippen LogP contribution in [0.5, 0.6) is 0 Å². The van der Waals surface area contributed by atoms with Crippen LogP contribution >= 0.6 is 0 Å². The minimum Gasteiger partial charge on any atom is -0.422 e.